The molecule has 0 aliphatic heterocycles. The first-order valence-corrected chi connectivity index (χ1v) is 15.9. The highest BCUT2D eigenvalue weighted by atomic mass is 16.6. The second-order valence-corrected chi connectivity index (χ2v) is 11.4. The van der Waals surface area contributed by atoms with Gasteiger partial charge < -0.3 is 14.2 Å². The van der Waals surface area contributed by atoms with Crippen molar-refractivity contribution in [1.29, 1.82) is 0 Å². The fourth-order valence-electron chi connectivity index (χ4n) is 5.77. The Morgan fingerprint density at radius 1 is 0.615 bits per heavy atom. The predicted octanol–water partition coefficient (Wildman–Crippen LogP) is 8.58. The molecule has 0 heterocycles. The van der Waals surface area contributed by atoms with Gasteiger partial charge in [0.1, 0.15) is 6.10 Å². The Labute approximate surface area is 239 Å². The largest absolute Gasteiger partial charge is 0.374 e. The Morgan fingerprint density at radius 2 is 1.13 bits per heavy atom. The summed E-state index contributed by atoms with van der Waals surface area (Å²) in [6.45, 7) is 7.66. The van der Waals surface area contributed by atoms with E-state index in [2.05, 4.69) is 86.5 Å². The number of likely N-dealkylation sites (N-methyl/N-ethyl adjacent to an activating group) is 1. The maximum Gasteiger partial charge on any atom is 0.102 e. The maximum atomic E-state index is 6.71. The van der Waals surface area contributed by atoms with Gasteiger partial charge in [0.05, 0.1) is 31.5 Å². The summed E-state index contributed by atoms with van der Waals surface area (Å²) >= 11 is 0. The number of nitrogens with zero attached hydrogens (tertiary/aromatic N) is 1. The van der Waals surface area contributed by atoms with Crippen LogP contribution in [-0.4, -0.2) is 49.5 Å². The molecule has 39 heavy (non-hydrogen) atoms. The van der Waals surface area contributed by atoms with Gasteiger partial charge in [-0.1, -0.05) is 132 Å². The minimum Gasteiger partial charge on any atom is -0.374 e. The van der Waals surface area contributed by atoms with Gasteiger partial charge in [-0.15, -0.1) is 0 Å². The maximum absolute atomic E-state index is 6.71. The summed E-state index contributed by atoms with van der Waals surface area (Å²) in [5.41, 5.74) is 2.43. The van der Waals surface area contributed by atoms with Crippen LogP contribution in [-0.2, 0) is 27.4 Å². The first kappa shape index (κ1) is 31.8. The van der Waals surface area contributed by atoms with Crippen molar-refractivity contribution >= 4 is 0 Å². The molecule has 0 saturated heterocycles. The van der Waals surface area contributed by atoms with Gasteiger partial charge in [-0.25, -0.2) is 0 Å². The Kier molecular flexibility index (Phi) is 15.8. The average molecular weight is 538 g/mol. The predicted molar refractivity (Wildman–Crippen MR) is 163 cm³/mol. The van der Waals surface area contributed by atoms with Crippen LogP contribution in [0.2, 0.25) is 0 Å². The highest BCUT2D eigenvalue weighted by Crippen LogP contribution is 2.33. The fraction of sp³-hybridized carbons (Fsp3) is 0.657. The van der Waals surface area contributed by atoms with Gasteiger partial charge in [-0.2, -0.15) is 0 Å². The van der Waals surface area contributed by atoms with Gasteiger partial charge in [-0.3, -0.25) is 4.90 Å². The van der Waals surface area contributed by atoms with Crippen LogP contribution < -0.4 is 0 Å². The van der Waals surface area contributed by atoms with Crippen molar-refractivity contribution in [1.82, 2.24) is 4.90 Å². The molecule has 218 valence electrons. The summed E-state index contributed by atoms with van der Waals surface area (Å²) in [5.74, 6) is 0. The molecule has 4 atom stereocenters. The van der Waals surface area contributed by atoms with E-state index < -0.39 is 0 Å². The van der Waals surface area contributed by atoms with Crippen LogP contribution in [0.4, 0.5) is 0 Å². The topological polar surface area (TPSA) is 30.9 Å². The monoisotopic (exact) mass is 537 g/mol. The number of hydrogen-bond donors (Lipinski definition) is 0. The van der Waals surface area contributed by atoms with E-state index in [-0.39, 0.29) is 24.4 Å². The van der Waals surface area contributed by atoms with E-state index in [0.717, 1.165) is 26.0 Å². The van der Waals surface area contributed by atoms with Crippen molar-refractivity contribution in [3.63, 3.8) is 0 Å². The standard InChI is InChI=1S/C35H55NO3/c1-4-6-8-10-11-19-25-36(3)34-32(38-28-30-21-15-13-16-22-30)27-33(39-29-31-23-17-14-18-24-31)35(34)37-26-20-12-9-7-5-2/h13-18,21-24,32-35H,4-12,19-20,25-29H2,1-3H3. The normalized spacial score (nSPS) is 21.1. The van der Waals surface area contributed by atoms with Crippen LogP contribution in [0.3, 0.4) is 0 Å². The third-order valence-electron chi connectivity index (χ3n) is 8.09. The lowest BCUT2D eigenvalue weighted by atomic mass is 10.1. The van der Waals surface area contributed by atoms with Crippen LogP contribution in [0.25, 0.3) is 0 Å². The second-order valence-electron chi connectivity index (χ2n) is 11.4. The molecule has 3 rings (SSSR count). The molecule has 1 fully saturated rings. The molecular weight excluding hydrogens is 482 g/mol. The van der Waals surface area contributed by atoms with Crippen molar-refractivity contribution in [2.24, 2.45) is 0 Å². The number of rotatable bonds is 21. The van der Waals surface area contributed by atoms with Crippen molar-refractivity contribution in [2.45, 2.75) is 128 Å². The molecule has 0 bridgehead atoms. The Bertz CT molecular complexity index is 845. The zero-order chi connectivity index (χ0) is 27.5. The summed E-state index contributed by atoms with van der Waals surface area (Å²) < 4.78 is 20.0. The minimum atomic E-state index is 0.0192. The van der Waals surface area contributed by atoms with Gasteiger partial charge in [0.15, 0.2) is 0 Å². The molecule has 4 nitrogen and oxygen atoms in total. The summed E-state index contributed by atoms with van der Waals surface area (Å²) in [6.07, 6.45) is 15.1. The van der Waals surface area contributed by atoms with E-state index in [9.17, 15) is 0 Å². The van der Waals surface area contributed by atoms with E-state index >= 15 is 0 Å². The second kappa shape index (κ2) is 19.4. The molecule has 0 aromatic heterocycles. The van der Waals surface area contributed by atoms with E-state index in [0.29, 0.717) is 13.2 Å². The molecule has 0 spiro atoms. The van der Waals surface area contributed by atoms with Crippen molar-refractivity contribution in [3.8, 4) is 0 Å². The third kappa shape index (κ3) is 11.7. The highest BCUT2D eigenvalue weighted by Gasteiger charge is 2.47. The molecule has 1 saturated carbocycles. The first-order valence-electron chi connectivity index (χ1n) is 15.9. The molecule has 1 aliphatic carbocycles. The number of unbranched alkanes of at least 4 members (excludes halogenated alkanes) is 9. The van der Waals surface area contributed by atoms with Gasteiger partial charge in [0.25, 0.3) is 0 Å². The Balaban J connectivity index is 1.67. The van der Waals surface area contributed by atoms with Crippen molar-refractivity contribution in [2.75, 3.05) is 20.2 Å². The van der Waals surface area contributed by atoms with Crippen LogP contribution in [0.15, 0.2) is 60.7 Å². The van der Waals surface area contributed by atoms with Gasteiger partial charge in [0, 0.05) is 13.0 Å². The minimum absolute atomic E-state index is 0.0192. The average Bonchev–Trinajstić information content (AvgIpc) is 3.32. The Morgan fingerprint density at radius 3 is 1.72 bits per heavy atom. The first-order chi connectivity index (χ1) is 19.2. The zero-order valence-electron chi connectivity index (χ0n) is 25.1. The highest BCUT2D eigenvalue weighted by molar-refractivity contribution is 5.15. The lowest BCUT2D eigenvalue weighted by molar-refractivity contribution is -0.0898. The lowest BCUT2D eigenvalue weighted by Crippen LogP contribution is -2.48. The third-order valence-corrected chi connectivity index (χ3v) is 8.09. The molecule has 0 N–H and O–H groups in total. The van der Waals surface area contributed by atoms with Crippen LogP contribution in [0.5, 0.6) is 0 Å². The number of ether oxygens (including phenoxy) is 3. The van der Waals surface area contributed by atoms with E-state index in [1.54, 1.807) is 0 Å². The lowest BCUT2D eigenvalue weighted by Gasteiger charge is -2.34. The molecule has 4 heteroatoms. The molecule has 0 amide bonds. The quantitative estimate of drug-likeness (QED) is 0.149. The molecule has 0 radical (unpaired) electrons. The molecule has 4 unspecified atom stereocenters. The zero-order valence-corrected chi connectivity index (χ0v) is 25.1. The number of hydrogen-bond acceptors (Lipinski definition) is 4. The van der Waals surface area contributed by atoms with Crippen LogP contribution in [0, 0.1) is 0 Å². The molecule has 2 aromatic carbocycles. The Hall–Kier alpha value is -1.72. The SMILES string of the molecule is CCCCCCCCN(C)C1C(OCc2ccccc2)CC(OCc2ccccc2)C1OCCCCCCC. The van der Waals surface area contributed by atoms with Gasteiger partial charge in [-0.05, 0) is 37.6 Å². The molecular formula is C35H55NO3. The van der Waals surface area contributed by atoms with Crippen molar-refractivity contribution in [3.05, 3.63) is 71.8 Å². The number of benzene rings is 2. The van der Waals surface area contributed by atoms with Crippen LogP contribution in [0.1, 0.15) is 102 Å². The van der Waals surface area contributed by atoms with Crippen LogP contribution >= 0.6 is 0 Å². The van der Waals surface area contributed by atoms with Gasteiger partial charge >= 0.3 is 0 Å². The van der Waals surface area contributed by atoms with Gasteiger partial charge in [0.2, 0.25) is 0 Å². The summed E-state index contributed by atoms with van der Waals surface area (Å²) in [5, 5.41) is 0. The smallest absolute Gasteiger partial charge is 0.102 e. The molecule has 2 aromatic rings. The fourth-order valence-corrected chi connectivity index (χ4v) is 5.77. The molecule has 1 aliphatic rings. The van der Waals surface area contributed by atoms with Crippen molar-refractivity contribution < 1.29 is 14.2 Å². The summed E-state index contributed by atoms with van der Waals surface area (Å²) in [7, 11) is 2.27. The summed E-state index contributed by atoms with van der Waals surface area (Å²) in [4.78, 5) is 2.52. The van der Waals surface area contributed by atoms with E-state index in [1.807, 2.05) is 0 Å². The van der Waals surface area contributed by atoms with E-state index in [1.165, 1.54) is 75.3 Å². The summed E-state index contributed by atoms with van der Waals surface area (Å²) in [6, 6.07) is 21.3. The van der Waals surface area contributed by atoms with E-state index in [4.69, 9.17) is 14.2 Å².